The van der Waals surface area contributed by atoms with Gasteiger partial charge in [0.15, 0.2) is 17.0 Å². The van der Waals surface area contributed by atoms with Gasteiger partial charge in [-0.15, -0.1) is 0 Å². The topological polar surface area (TPSA) is 50.1 Å². The Morgan fingerprint density at radius 3 is 2.10 bits per heavy atom. The van der Waals surface area contributed by atoms with E-state index < -0.39 is 0 Å². The summed E-state index contributed by atoms with van der Waals surface area (Å²) in [5, 5.41) is 0.229. The Morgan fingerprint density at radius 1 is 0.923 bits per heavy atom. The van der Waals surface area contributed by atoms with E-state index in [4.69, 9.17) is 16.6 Å². The molecule has 1 aliphatic heterocycles. The minimum Gasteiger partial charge on any atom is -0.349 e. The summed E-state index contributed by atoms with van der Waals surface area (Å²) in [7, 11) is 0. The van der Waals surface area contributed by atoms with Crippen molar-refractivity contribution in [1.29, 1.82) is 0 Å². The molecule has 0 spiro atoms. The minimum atomic E-state index is -0.274. The highest BCUT2D eigenvalue weighted by Crippen LogP contribution is 2.36. The zero-order valence-corrected chi connectivity index (χ0v) is 23.5. The van der Waals surface area contributed by atoms with Gasteiger partial charge in [0.05, 0.1) is 12.4 Å². The standard InChI is InChI=1S/C28H29ClF2N6.C2H6/c1-2-23-16-35(25(19-5-9-21(30)10-6-19)20-7-11-22(31)12-8-20)13-14-37(23)27-24-26(33-28(29)34-27)36(17-32-24)15-18-3-4-18;1-2/h5-12,17-18,23,25H,2-4,13-16H2,1H3;1-2H3. The summed E-state index contributed by atoms with van der Waals surface area (Å²) in [5.74, 6) is 0.917. The monoisotopic (exact) mass is 552 g/mol. The lowest BCUT2D eigenvalue weighted by Gasteiger charge is -2.45. The molecule has 2 fully saturated rings. The highest BCUT2D eigenvalue weighted by atomic mass is 35.5. The van der Waals surface area contributed by atoms with E-state index in [9.17, 15) is 8.78 Å². The maximum atomic E-state index is 13.7. The number of imidazole rings is 1. The fourth-order valence-electron chi connectivity index (χ4n) is 5.46. The zero-order chi connectivity index (χ0) is 27.5. The first kappa shape index (κ1) is 27.5. The maximum absolute atomic E-state index is 13.7. The average Bonchev–Trinajstić information content (AvgIpc) is 3.70. The lowest BCUT2D eigenvalue weighted by molar-refractivity contribution is 0.180. The number of rotatable bonds is 7. The summed E-state index contributed by atoms with van der Waals surface area (Å²) < 4.78 is 29.6. The number of hydrogen-bond donors (Lipinski definition) is 0. The molecule has 6 rings (SSSR count). The summed E-state index contributed by atoms with van der Waals surface area (Å²) in [4.78, 5) is 18.5. The largest absolute Gasteiger partial charge is 0.349 e. The van der Waals surface area contributed by atoms with Crippen LogP contribution >= 0.6 is 11.6 Å². The van der Waals surface area contributed by atoms with Crippen LogP contribution in [0, 0.1) is 17.6 Å². The van der Waals surface area contributed by atoms with Gasteiger partial charge in [0.1, 0.15) is 11.6 Å². The quantitative estimate of drug-likeness (QED) is 0.234. The summed E-state index contributed by atoms with van der Waals surface area (Å²) in [6.45, 7) is 9.28. The predicted molar refractivity (Wildman–Crippen MR) is 152 cm³/mol. The van der Waals surface area contributed by atoms with E-state index >= 15 is 0 Å². The second-order valence-corrected chi connectivity index (χ2v) is 10.4. The third-order valence-corrected chi connectivity index (χ3v) is 7.73. The number of fused-ring (bicyclic) bond motifs is 1. The van der Waals surface area contributed by atoms with Crippen LogP contribution in [0.5, 0.6) is 0 Å². The van der Waals surface area contributed by atoms with Crippen molar-refractivity contribution in [2.45, 2.75) is 58.7 Å². The van der Waals surface area contributed by atoms with Crippen LogP contribution in [0.25, 0.3) is 11.2 Å². The van der Waals surface area contributed by atoms with Crippen molar-refractivity contribution in [2.75, 3.05) is 24.5 Å². The third-order valence-electron chi connectivity index (χ3n) is 7.56. The molecular weight excluding hydrogens is 518 g/mol. The van der Waals surface area contributed by atoms with Crippen molar-refractivity contribution in [3.05, 3.63) is 82.9 Å². The molecule has 1 atom stereocenters. The summed E-state index contributed by atoms with van der Waals surface area (Å²) in [6.07, 6.45) is 5.23. The van der Waals surface area contributed by atoms with Crippen molar-refractivity contribution in [3.8, 4) is 0 Å². The van der Waals surface area contributed by atoms with Gasteiger partial charge in [-0.25, -0.2) is 13.8 Å². The average molecular weight is 553 g/mol. The smallest absolute Gasteiger partial charge is 0.226 e. The number of hydrogen-bond acceptors (Lipinski definition) is 5. The van der Waals surface area contributed by atoms with E-state index in [0.29, 0.717) is 5.92 Å². The second-order valence-electron chi connectivity index (χ2n) is 10.1. The number of halogens is 3. The molecule has 2 aliphatic rings. The van der Waals surface area contributed by atoms with Gasteiger partial charge in [-0.1, -0.05) is 45.0 Å². The number of aromatic nitrogens is 4. The predicted octanol–water partition coefficient (Wildman–Crippen LogP) is 6.88. The van der Waals surface area contributed by atoms with Crippen LogP contribution in [-0.2, 0) is 6.54 Å². The van der Waals surface area contributed by atoms with Crippen molar-refractivity contribution in [1.82, 2.24) is 24.4 Å². The molecule has 0 N–H and O–H groups in total. The van der Waals surface area contributed by atoms with Crippen LogP contribution in [0.2, 0.25) is 5.28 Å². The normalized spacial score (nSPS) is 17.9. The molecule has 2 aromatic carbocycles. The maximum Gasteiger partial charge on any atom is 0.226 e. The van der Waals surface area contributed by atoms with Crippen molar-refractivity contribution >= 4 is 28.6 Å². The van der Waals surface area contributed by atoms with Crippen LogP contribution in [0.4, 0.5) is 14.6 Å². The molecule has 1 unspecified atom stereocenters. The Bertz CT molecular complexity index is 1340. The zero-order valence-electron chi connectivity index (χ0n) is 22.7. The van der Waals surface area contributed by atoms with E-state index in [0.717, 1.165) is 60.7 Å². The summed E-state index contributed by atoms with van der Waals surface area (Å²) in [5.41, 5.74) is 3.52. The van der Waals surface area contributed by atoms with Gasteiger partial charge in [-0.05, 0) is 72.2 Å². The molecule has 9 heteroatoms. The first-order chi connectivity index (χ1) is 19.0. The molecule has 39 heavy (non-hydrogen) atoms. The lowest BCUT2D eigenvalue weighted by atomic mass is 9.95. The molecule has 0 bridgehead atoms. The molecule has 6 nitrogen and oxygen atoms in total. The Morgan fingerprint density at radius 2 is 1.54 bits per heavy atom. The Hall–Kier alpha value is -3.10. The molecule has 206 valence electrons. The summed E-state index contributed by atoms with van der Waals surface area (Å²) >= 11 is 6.42. The molecule has 1 saturated carbocycles. The van der Waals surface area contributed by atoms with E-state index in [2.05, 4.69) is 31.3 Å². The van der Waals surface area contributed by atoms with Gasteiger partial charge in [0, 0.05) is 32.2 Å². The van der Waals surface area contributed by atoms with Gasteiger partial charge < -0.3 is 9.47 Å². The van der Waals surface area contributed by atoms with Gasteiger partial charge in [-0.2, -0.15) is 9.97 Å². The lowest BCUT2D eigenvalue weighted by Crippen LogP contribution is -2.54. The molecule has 1 saturated heterocycles. The van der Waals surface area contributed by atoms with Crippen LogP contribution in [0.1, 0.15) is 57.2 Å². The first-order valence-corrected chi connectivity index (χ1v) is 14.3. The molecule has 4 aromatic rings. The molecule has 0 amide bonds. The molecule has 0 radical (unpaired) electrons. The van der Waals surface area contributed by atoms with Crippen LogP contribution in [0.15, 0.2) is 54.9 Å². The Kier molecular flexibility index (Phi) is 8.43. The van der Waals surface area contributed by atoms with Crippen LogP contribution in [0.3, 0.4) is 0 Å². The van der Waals surface area contributed by atoms with Crippen molar-refractivity contribution in [2.24, 2.45) is 5.92 Å². The van der Waals surface area contributed by atoms with Crippen LogP contribution < -0.4 is 4.90 Å². The van der Waals surface area contributed by atoms with E-state index in [1.807, 2.05) is 44.4 Å². The molecule has 1 aliphatic carbocycles. The van der Waals surface area contributed by atoms with Crippen molar-refractivity contribution < 1.29 is 8.78 Å². The van der Waals surface area contributed by atoms with Crippen LogP contribution in [-0.4, -0.2) is 50.1 Å². The van der Waals surface area contributed by atoms with Gasteiger partial charge in [-0.3, -0.25) is 4.90 Å². The third kappa shape index (κ3) is 5.92. The number of nitrogens with zero attached hydrogens (tertiary/aromatic N) is 6. The van der Waals surface area contributed by atoms with Gasteiger partial charge in [0.25, 0.3) is 0 Å². The Balaban J connectivity index is 0.00000151. The SMILES string of the molecule is CC.CCC1CN(C(c2ccc(F)cc2)c2ccc(F)cc2)CCN1c1nc(Cl)nc2c1ncn2CC1CC1. The Labute approximate surface area is 233 Å². The number of benzene rings is 2. The molecule has 3 heterocycles. The van der Waals surface area contributed by atoms with E-state index in [1.54, 1.807) is 0 Å². The highest BCUT2D eigenvalue weighted by molar-refractivity contribution is 6.28. The van der Waals surface area contributed by atoms with E-state index in [-0.39, 0.29) is 29.0 Å². The summed E-state index contributed by atoms with van der Waals surface area (Å²) in [6, 6.07) is 13.2. The van der Waals surface area contributed by atoms with Gasteiger partial charge >= 0.3 is 0 Å². The van der Waals surface area contributed by atoms with Crippen molar-refractivity contribution in [3.63, 3.8) is 0 Å². The number of piperazine rings is 1. The first-order valence-electron chi connectivity index (χ1n) is 13.9. The highest BCUT2D eigenvalue weighted by Gasteiger charge is 2.34. The number of anilines is 1. The fourth-order valence-corrected chi connectivity index (χ4v) is 5.62. The molecule has 2 aromatic heterocycles. The fraction of sp³-hybridized carbons (Fsp3) is 0.433. The minimum absolute atomic E-state index is 0.121. The van der Waals surface area contributed by atoms with Gasteiger partial charge in [0.2, 0.25) is 5.28 Å². The molecular formula is C30H35ClF2N6. The second kappa shape index (κ2) is 12.0. The van der Waals surface area contributed by atoms with E-state index in [1.165, 1.54) is 37.1 Å².